The van der Waals surface area contributed by atoms with Crippen molar-refractivity contribution in [2.45, 2.75) is 0 Å². The lowest BCUT2D eigenvalue weighted by atomic mass is 10.1. The van der Waals surface area contributed by atoms with Crippen molar-refractivity contribution in [2.24, 2.45) is 0 Å². The van der Waals surface area contributed by atoms with Crippen LogP contribution in [0.1, 0.15) is 10.4 Å². The van der Waals surface area contributed by atoms with Crippen molar-refractivity contribution < 1.29 is 9.90 Å². The van der Waals surface area contributed by atoms with Crippen LogP contribution in [0.15, 0.2) is 59.6 Å². The van der Waals surface area contributed by atoms with Crippen LogP contribution >= 0.6 is 27.5 Å². The van der Waals surface area contributed by atoms with Gasteiger partial charge in [0.1, 0.15) is 11.4 Å². The summed E-state index contributed by atoms with van der Waals surface area (Å²) in [5.41, 5.74) is 1.41. The lowest BCUT2D eigenvalue weighted by Crippen LogP contribution is -2.11. The van der Waals surface area contributed by atoms with Crippen LogP contribution in [0.4, 0.5) is 5.82 Å². The number of aromatic nitrogens is 1. The summed E-state index contributed by atoms with van der Waals surface area (Å²) in [4.78, 5) is 16.0. The van der Waals surface area contributed by atoms with Gasteiger partial charge in [-0.05, 0) is 23.8 Å². The Morgan fingerprint density at radius 1 is 1.43 bits per heavy atom. The van der Waals surface area contributed by atoms with E-state index in [0.717, 1.165) is 10.0 Å². The van der Waals surface area contributed by atoms with Gasteiger partial charge in [-0.1, -0.05) is 58.9 Å². The number of nitrogens with one attached hydrogen (secondary N) is 1. The number of nitrogens with zero attached hydrogens (tertiary/aromatic N) is 1. The minimum absolute atomic E-state index is 0.0562. The fraction of sp³-hybridized carbons (Fsp3) is 0.0588. The molecule has 6 heteroatoms. The van der Waals surface area contributed by atoms with Crippen LogP contribution in [0.25, 0.3) is 10.9 Å². The van der Waals surface area contributed by atoms with Gasteiger partial charge in [0.15, 0.2) is 0 Å². The lowest BCUT2D eigenvalue weighted by Gasteiger charge is -2.13. The van der Waals surface area contributed by atoms with Crippen LogP contribution in [0, 0.1) is 0 Å². The zero-order chi connectivity index (χ0) is 17.0. The molecule has 2 aromatic rings. The van der Waals surface area contributed by atoms with E-state index in [0.29, 0.717) is 17.4 Å². The highest BCUT2D eigenvalue weighted by molar-refractivity contribution is 9.10. The summed E-state index contributed by atoms with van der Waals surface area (Å²) in [7, 11) is 0. The number of carbonyl (C=O) groups is 1. The number of fused-ring (bicyclic) bond motifs is 1. The molecule has 0 amide bonds. The number of anilines is 1. The quantitative estimate of drug-likeness (QED) is 0.673. The predicted molar refractivity (Wildman–Crippen MR) is 98.4 cm³/mol. The maximum absolute atomic E-state index is 11.6. The van der Waals surface area contributed by atoms with E-state index in [1.165, 1.54) is 0 Å². The summed E-state index contributed by atoms with van der Waals surface area (Å²) in [6.07, 6.45) is 5.07. The third kappa shape index (κ3) is 3.81. The molecule has 1 aromatic heterocycles. The van der Waals surface area contributed by atoms with E-state index in [9.17, 15) is 9.90 Å². The first kappa shape index (κ1) is 17.2. The summed E-state index contributed by atoms with van der Waals surface area (Å²) < 4.78 is 0.800. The van der Waals surface area contributed by atoms with Gasteiger partial charge < -0.3 is 10.4 Å². The van der Waals surface area contributed by atoms with Gasteiger partial charge in [0.25, 0.3) is 0 Å². The van der Waals surface area contributed by atoms with E-state index in [1.54, 1.807) is 30.4 Å². The average Bonchev–Trinajstić information content (AvgIpc) is 2.51. The van der Waals surface area contributed by atoms with Crippen molar-refractivity contribution >= 4 is 50.2 Å². The number of rotatable bonds is 6. The monoisotopic (exact) mass is 392 g/mol. The Hall–Kier alpha value is -2.11. The van der Waals surface area contributed by atoms with Crippen molar-refractivity contribution in [3.63, 3.8) is 0 Å². The molecule has 23 heavy (non-hydrogen) atoms. The van der Waals surface area contributed by atoms with Gasteiger partial charge in [-0.15, -0.1) is 0 Å². The molecule has 1 aromatic carbocycles. The van der Waals surface area contributed by atoms with E-state index in [2.05, 4.69) is 39.4 Å². The number of hydrogen-bond acceptors (Lipinski definition) is 3. The van der Waals surface area contributed by atoms with E-state index in [-0.39, 0.29) is 16.4 Å². The van der Waals surface area contributed by atoms with E-state index in [4.69, 9.17) is 11.6 Å². The summed E-state index contributed by atoms with van der Waals surface area (Å²) in [5.74, 6) is -0.922. The smallest absolute Gasteiger partial charge is 0.341 e. The number of halogens is 2. The zero-order valence-electron chi connectivity index (χ0n) is 12.1. The second kappa shape index (κ2) is 7.44. The minimum atomic E-state index is -1.14. The van der Waals surface area contributed by atoms with Crippen molar-refractivity contribution in [2.75, 3.05) is 11.9 Å². The first-order chi connectivity index (χ1) is 11.0. The van der Waals surface area contributed by atoms with Gasteiger partial charge >= 0.3 is 5.97 Å². The molecule has 0 radical (unpaired) electrons. The molecule has 0 saturated carbocycles. The van der Waals surface area contributed by atoms with Crippen molar-refractivity contribution in [1.82, 2.24) is 4.98 Å². The summed E-state index contributed by atoms with van der Waals surface area (Å²) in [5, 5.41) is 13.2. The molecule has 0 unspecified atom stereocenters. The fourth-order valence-corrected chi connectivity index (χ4v) is 2.74. The number of pyridine rings is 1. The van der Waals surface area contributed by atoms with Gasteiger partial charge in [0.05, 0.1) is 10.5 Å². The van der Waals surface area contributed by atoms with Crippen LogP contribution in [-0.4, -0.2) is 22.6 Å². The first-order valence-electron chi connectivity index (χ1n) is 6.68. The van der Waals surface area contributed by atoms with Gasteiger partial charge in [-0.25, -0.2) is 9.78 Å². The Bertz CT molecular complexity index is 831. The van der Waals surface area contributed by atoms with Crippen molar-refractivity contribution in [1.29, 1.82) is 0 Å². The molecule has 0 spiro atoms. The Labute approximate surface area is 147 Å². The normalized spacial score (nSPS) is 11.3. The van der Waals surface area contributed by atoms with Crippen molar-refractivity contribution in [3.8, 4) is 0 Å². The van der Waals surface area contributed by atoms with Gasteiger partial charge in [-0.3, -0.25) is 0 Å². The summed E-state index contributed by atoms with van der Waals surface area (Å²) >= 11 is 9.64. The van der Waals surface area contributed by atoms with Crippen LogP contribution in [0.5, 0.6) is 0 Å². The number of benzene rings is 1. The molecule has 118 valence electrons. The molecule has 0 fully saturated rings. The number of carboxylic acid groups (broad SMARTS) is 1. The molecule has 0 bridgehead atoms. The summed E-state index contributed by atoms with van der Waals surface area (Å²) in [6, 6.07) is 5.34. The number of aromatic carboxylic acids is 1. The highest BCUT2D eigenvalue weighted by Gasteiger charge is 2.19. The van der Waals surface area contributed by atoms with Gasteiger partial charge in [0, 0.05) is 16.4 Å². The molecule has 0 aliphatic rings. The second-order valence-corrected chi connectivity index (χ2v) is 5.94. The van der Waals surface area contributed by atoms with E-state index >= 15 is 0 Å². The van der Waals surface area contributed by atoms with Crippen LogP contribution in [-0.2, 0) is 0 Å². The predicted octanol–water partition coefficient (Wildman–Crippen LogP) is 5.06. The molecular weight excluding hydrogens is 380 g/mol. The van der Waals surface area contributed by atoms with Gasteiger partial charge in [-0.2, -0.15) is 0 Å². The maximum Gasteiger partial charge on any atom is 0.341 e. The Morgan fingerprint density at radius 3 is 2.78 bits per heavy atom. The second-order valence-electron chi connectivity index (χ2n) is 4.65. The average molecular weight is 394 g/mol. The zero-order valence-corrected chi connectivity index (χ0v) is 14.5. The Kier molecular flexibility index (Phi) is 5.58. The summed E-state index contributed by atoms with van der Waals surface area (Å²) in [6.45, 7) is 7.69. The van der Waals surface area contributed by atoms with Crippen LogP contribution in [0.3, 0.4) is 0 Å². The Balaban J connectivity index is 2.54. The molecule has 1 heterocycles. The SMILES string of the molecule is C=C/C=C(\C=C)CNc1nc2ccc(Br)cc2c(Cl)c1C(=O)O. The highest BCUT2D eigenvalue weighted by Crippen LogP contribution is 2.32. The molecule has 0 aliphatic carbocycles. The third-order valence-corrected chi connectivity index (χ3v) is 4.04. The molecular formula is C17H14BrClN2O2. The molecule has 0 aliphatic heterocycles. The molecule has 0 saturated heterocycles. The lowest BCUT2D eigenvalue weighted by molar-refractivity contribution is 0.0698. The number of allylic oxidation sites excluding steroid dienone is 2. The maximum atomic E-state index is 11.6. The van der Waals surface area contributed by atoms with Crippen LogP contribution < -0.4 is 5.32 Å². The van der Waals surface area contributed by atoms with Gasteiger partial charge in [0.2, 0.25) is 0 Å². The Morgan fingerprint density at radius 2 is 2.17 bits per heavy atom. The molecule has 2 rings (SSSR count). The van der Waals surface area contributed by atoms with Crippen LogP contribution in [0.2, 0.25) is 5.02 Å². The number of hydrogen-bond donors (Lipinski definition) is 2. The topological polar surface area (TPSA) is 62.2 Å². The minimum Gasteiger partial charge on any atom is -0.478 e. The largest absolute Gasteiger partial charge is 0.478 e. The fourth-order valence-electron chi connectivity index (χ4n) is 2.06. The number of carboxylic acids is 1. The van der Waals surface area contributed by atoms with E-state index in [1.807, 2.05) is 6.07 Å². The highest BCUT2D eigenvalue weighted by atomic mass is 79.9. The standard InChI is InChI=1S/C17H14BrClN2O2/c1-3-5-10(4-2)9-20-16-14(17(22)23)15(19)12-8-11(18)6-7-13(12)21-16/h3-8H,1-2,9H2,(H,20,21)(H,22,23)/b10-5+. The van der Waals surface area contributed by atoms with Crippen molar-refractivity contribution in [3.05, 3.63) is 70.2 Å². The molecule has 4 nitrogen and oxygen atoms in total. The molecule has 2 N–H and O–H groups in total. The molecule has 0 atom stereocenters. The van der Waals surface area contributed by atoms with E-state index < -0.39 is 5.97 Å². The first-order valence-corrected chi connectivity index (χ1v) is 7.85. The third-order valence-electron chi connectivity index (χ3n) is 3.15.